The highest BCUT2D eigenvalue weighted by Crippen LogP contribution is 2.38. The molecule has 212 valence electrons. The van der Waals surface area contributed by atoms with E-state index in [1.165, 1.54) is 12.3 Å². The molecule has 2 aromatic carbocycles. The number of carboxylic acid groups (broad SMARTS) is 1. The van der Waals surface area contributed by atoms with Crippen molar-refractivity contribution in [3.05, 3.63) is 98.9 Å². The van der Waals surface area contributed by atoms with Gasteiger partial charge in [0.15, 0.2) is 5.76 Å². The average Bonchev–Trinajstić information content (AvgIpc) is 3.66. The lowest BCUT2D eigenvalue weighted by molar-refractivity contribution is 0.0695. The second-order valence-electron chi connectivity index (χ2n) is 10.3. The monoisotopic (exact) mass is 578 g/mol. The van der Waals surface area contributed by atoms with E-state index in [2.05, 4.69) is 10.1 Å². The molecular formula is C30H28ClFN4O5. The zero-order chi connectivity index (χ0) is 28.5. The highest BCUT2D eigenvalue weighted by molar-refractivity contribution is 6.30. The fraction of sp³-hybridized carbons (Fsp3) is 0.300. The number of fused-ring (bicyclic) bond motifs is 1. The maximum atomic E-state index is 15.4. The van der Waals surface area contributed by atoms with E-state index in [0.717, 1.165) is 18.4 Å². The van der Waals surface area contributed by atoms with Crippen molar-refractivity contribution in [3.63, 3.8) is 0 Å². The van der Waals surface area contributed by atoms with Crippen molar-refractivity contribution in [3.8, 4) is 0 Å². The Labute approximate surface area is 240 Å². The minimum Gasteiger partial charge on any atom is -0.477 e. The van der Waals surface area contributed by atoms with Gasteiger partial charge in [-0.05, 0) is 54.8 Å². The van der Waals surface area contributed by atoms with Crippen molar-refractivity contribution in [2.75, 3.05) is 37.6 Å². The topological polar surface area (TPSA) is 101 Å². The van der Waals surface area contributed by atoms with Crippen molar-refractivity contribution in [1.82, 2.24) is 9.47 Å². The summed E-state index contributed by atoms with van der Waals surface area (Å²) in [4.78, 5) is 34.2. The number of piperazine rings is 1. The van der Waals surface area contributed by atoms with Gasteiger partial charge in [-0.3, -0.25) is 9.69 Å². The minimum atomic E-state index is -1.31. The molecule has 1 aliphatic heterocycles. The van der Waals surface area contributed by atoms with Gasteiger partial charge in [0.25, 0.3) is 0 Å². The number of aromatic nitrogens is 1. The summed E-state index contributed by atoms with van der Waals surface area (Å²) in [6.07, 6.45) is 4.77. The van der Waals surface area contributed by atoms with E-state index >= 15 is 4.39 Å². The number of anilines is 1. The van der Waals surface area contributed by atoms with Crippen LogP contribution in [-0.4, -0.2) is 59.0 Å². The smallest absolute Gasteiger partial charge is 0.341 e. The molecule has 0 amide bonds. The minimum absolute atomic E-state index is 0.0922. The summed E-state index contributed by atoms with van der Waals surface area (Å²) in [5.74, 6) is -1.23. The number of benzene rings is 2. The molecule has 6 rings (SSSR count). The molecule has 0 radical (unpaired) electrons. The number of pyridine rings is 1. The Morgan fingerprint density at radius 2 is 1.88 bits per heavy atom. The first-order valence-corrected chi connectivity index (χ1v) is 13.8. The summed E-state index contributed by atoms with van der Waals surface area (Å²) in [6.45, 7) is 3.17. The summed E-state index contributed by atoms with van der Waals surface area (Å²) >= 11 is 5.96. The molecule has 3 heterocycles. The first kappa shape index (κ1) is 27.0. The lowest BCUT2D eigenvalue weighted by Gasteiger charge is -2.36. The van der Waals surface area contributed by atoms with E-state index in [4.69, 9.17) is 20.9 Å². The molecule has 11 heteroatoms. The Kier molecular flexibility index (Phi) is 7.51. The van der Waals surface area contributed by atoms with Crippen LogP contribution in [0.25, 0.3) is 10.9 Å². The fourth-order valence-electron chi connectivity index (χ4n) is 5.13. The van der Waals surface area contributed by atoms with Crippen molar-refractivity contribution >= 4 is 39.9 Å². The molecule has 0 unspecified atom stereocenters. The van der Waals surface area contributed by atoms with E-state index in [9.17, 15) is 14.7 Å². The van der Waals surface area contributed by atoms with Gasteiger partial charge in [-0.25, -0.2) is 9.18 Å². The summed E-state index contributed by atoms with van der Waals surface area (Å²) in [5.41, 5.74) is 1.55. The molecule has 9 nitrogen and oxygen atoms in total. The Morgan fingerprint density at radius 1 is 1.12 bits per heavy atom. The highest BCUT2D eigenvalue weighted by atomic mass is 35.5. The molecular weight excluding hydrogens is 551 g/mol. The lowest BCUT2D eigenvalue weighted by atomic mass is 10.1. The SMILES string of the molecule is O=C(O)c1cn(C2CC2)c2cc(N3CCN(C/C(=N/OCc4ccc(Cl)cc4)c4ccco4)CC3)c(F)cc2c1=O. The summed E-state index contributed by atoms with van der Waals surface area (Å²) in [7, 11) is 0. The van der Waals surface area contributed by atoms with Crippen LogP contribution in [0.5, 0.6) is 0 Å². The standard InChI is InChI=1S/C30H28ClFN4O5/c31-20-5-3-19(4-6-20)18-41-33-25(28-2-1-13-40-28)17-34-9-11-35(12-10-34)27-15-26-22(14-24(27)32)29(37)23(30(38)39)16-36(26)21-7-8-21/h1-6,13-16,21H,7-12,17-18H2,(H,38,39)/b33-25-. The first-order chi connectivity index (χ1) is 19.9. The van der Waals surface area contributed by atoms with E-state index in [1.54, 1.807) is 30.5 Å². The molecule has 1 N–H and O–H groups in total. The summed E-state index contributed by atoms with van der Waals surface area (Å²) < 4.78 is 22.8. The number of rotatable bonds is 9. The van der Waals surface area contributed by atoms with Crippen LogP contribution in [0.15, 0.2) is 75.4 Å². The van der Waals surface area contributed by atoms with Gasteiger partial charge in [-0.15, -0.1) is 0 Å². The van der Waals surface area contributed by atoms with Gasteiger partial charge >= 0.3 is 5.97 Å². The van der Waals surface area contributed by atoms with Crippen LogP contribution in [0.2, 0.25) is 5.02 Å². The second kappa shape index (κ2) is 11.4. The van der Waals surface area contributed by atoms with Crippen molar-refractivity contribution in [1.29, 1.82) is 0 Å². The lowest BCUT2D eigenvalue weighted by Crippen LogP contribution is -2.48. The molecule has 41 heavy (non-hydrogen) atoms. The van der Waals surface area contributed by atoms with Crippen molar-refractivity contribution in [2.45, 2.75) is 25.5 Å². The number of oxime groups is 1. The molecule has 2 aromatic heterocycles. The predicted octanol–water partition coefficient (Wildman–Crippen LogP) is 5.16. The van der Waals surface area contributed by atoms with Crippen molar-refractivity contribution in [2.24, 2.45) is 5.16 Å². The Hall–Kier alpha value is -4.15. The number of carboxylic acids is 1. The van der Waals surface area contributed by atoms with Crippen molar-refractivity contribution < 1.29 is 23.5 Å². The first-order valence-electron chi connectivity index (χ1n) is 13.4. The van der Waals surface area contributed by atoms with E-state index in [-0.39, 0.29) is 23.6 Å². The van der Waals surface area contributed by atoms with Crippen LogP contribution >= 0.6 is 11.6 Å². The third-order valence-electron chi connectivity index (χ3n) is 7.48. The molecule has 0 bridgehead atoms. The molecule has 0 spiro atoms. The molecule has 2 aliphatic rings. The van der Waals surface area contributed by atoms with Gasteiger partial charge in [0.05, 0.1) is 17.5 Å². The Balaban J connectivity index is 1.17. The number of halogens is 2. The van der Waals surface area contributed by atoms with E-state index in [0.29, 0.717) is 60.4 Å². The number of furan rings is 1. The van der Waals surface area contributed by atoms with Crippen LogP contribution in [0.1, 0.15) is 40.6 Å². The third kappa shape index (κ3) is 5.84. The zero-order valence-corrected chi connectivity index (χ0v) is 22.9. The van der Waals surface area contributed by atoms with Gasteiger partial charge in [-0.2, -0.15) is 0 Å². The maximum Gasteiger partial charge on any atom is 0.341 e. The number of aromatic carboxylic acids is 1. The predicted molar refractivity (Wildman–Crippen MR) is 154 cm³/mol. The second-order valence-corrected chi connectivity index (χ2v) is 10.8. The summed E-state index contributed by atoms with van der Waals surface area (Å²) in [5, 5.41) is 14.6. The van der Waals surface area contributed by atoms with E-state index < -0.39 is 17.2 Å². The number of hydrogen-bond donors (Lipinski definition) is 1. The Morgan fingerprint density at radius 3 is 2.54 bits per heavy atom. The summed E-state index contributed by atoms with van der Waals surface area (Å²) in [6, 6.07) is 14.0. The van der Waals surface area contributed by atoms with Gasteiger partial charge < -0.3 is 23.8 Å². The zero-order valence-electron chi connectivity index (χ0n) is 22.1. The quantitative estimate of drug-likeness (QED) is 0.216. The van der Waals surface area contributed by atoms with Crippen LogP contribution < -0.4 is 10.3 Å². The van der Waals surface area contributed by atoms with Gasteiger partial charge in [0.1, 0.15) is 23.7 Å². The maximum absolute atomic E-state index is 15.4. The number of carbonyl (C=O) groups is 1. The van der Waals surface area contributed by atoms with Crippen LogP contribution in [0.4, 0.5) is 10.1 Å². The van der Waals surface area contributed by atoms with Gasteiger partial charge in [-0.1, -0.05) is 28.9 Å². The van der Waals surface area contributed by atoms with Gasteiger partial charge in [0.2, 0.25) is 5.43 Å². The van der Waals surface area contributed by atoms with Crippen LogP contribution in [0.3, 0.4) is 0 Å². The number of hydrogen-bond acceptors (Lipinski definition) is 7. The molecule has 1 saturated carbocycles. The van der Waals surface area contributed by atoms with Gasteiger partial charge in [0, 0.05) is 55.4 Å². The highest BCUT2D eigenvalue weighted by Gasteiger charge is 2.29. The van der Waals surface area contributed by atoms with E-state index in [1.807, 2.05) is 27.7 Å². The average molecular weight is 579 g/mol. The van der Waals surface area contributed by atoms with Crippen LogP contribution in [0, 0.1) is 5.82 Å². The molecule has 2 fully saturated rings. The molecule has 1 saturated heterocycles. The fourth-order valence-corrected chi connectivity index (χ4v) is 5.25. The Bertz CT molecular complexity index is 1660. The largest absolute Gasteiger partial charge is 0.477 e. The van der Waals surface area contributed by atoms with Crippen LogP contribution in [-0.2, 0) is 11.4 Å². The molecule has 1 aliphatic carbocycles. The molecule has 4 aromatic rings. The molecule has 0 atom stereocenters. The number of nitrogens with zero attached hydrogens (tertiary/aromatic N) is 4. The normalized spacial score (nSPS) is 16.3. The third-order valence-corrected chi connectivity index (χ3v) is 7.73.